The average molecular weight is 585 g/mol. The minimum absolute atomic E-state index is 0.0373. The molecule has 0 bridgehead atoms. The molecule has 1 aromatic carbocycles. The molecule has 0 aliphatic heterocycles. The van der Waals surface area contributed by atoms with Crippen molar-refractivity contribution < 1.29 is 32.5 Å². The fraction of sp³-hybridized carbons (Fsp3) is 0.781. The summed E-state index contributed by atoms with van der Waals surface area (Å²) in [5, 5.41) is 0. The molecule has 0 radical (unpaired) electrons. The van der Waals surface area contributed by atoms with Gasteiger partial charge in [0.05, 0.1) is 34.4 Å². The van der Waals surface area contributed by atoms with E-state index in [9.17, 15) is 14.3 Å². The van der Waals surface area contributed by atoms with Gasteiger partial charge in [0, 0.05) is 12.8 Å². The van der Waals surface area contributed by atoms with Crippen molar-refractivity contribution in [3.63, 3.8) is 0 Å². The standard InChI is InChI=1S/C32H58NO6P/c1-6-8-9-10-11-12-13-14-15-16-25-37-32-22-20-29(21-23-32)18-17-19-30(27-31(34)7-2)28-39-40(35,36)38-26-24-33(3,4)5/h20-23,30H,6-19,24-28H2,1-5H3/p+1. The molecule has 1 aromatic rings. The third-order valence-corrected chi connectivity index (χ3v) is 8.15. The third kappa shape index (κ3) is 20.6. The smallest absolute Gasteiger partial charge is 0.472 e. The molecule has 8 heteroatoms. The van der Waals surface area contributed by atoms with Gasteiger partial charge in [-0.3, -0.25) is 13.8 Å². The van der Waals surface area contributed by atoms with Gasteiger partial charge in [-0.25, -0.2) is 4.57 Å². The maximum absolute atomic E-state index is 12.3. The Labute approximate surface area is 245 Å². The van der Waals surface area contributed by atoms with Crippen molar-refractivity contribution >= 4 is 13.6 Å². The number of carbonyl (C=O) groups excluding carboxylic acids is 1. The molecule has 0 aliphatic rings. The van der Waals surface area contributed by atoms with E-state index in [0.717, 1.165) is 38.0 Å². The van der Waals surface area contributed by atoms with E-state index in [-0.39, 0.29) is 24.9 Å². The molecule has 40 heavy (non-hydrogen) atoms. The van der Waals surface area contributed by atoms with E-state index in [4.69, 9.17) is 13.8 Å². The van der Waals surface area contributed by atoms with E-state index in [1.54, 1.807) is 0 Å². The predicted molar refractivity (Wildman–Crippen MR) is 165 cm³/mol. The first kappa shape index (κ1) is 36.8. The van der Waals surface area contributed by atoms with Crippen LogP contribution in [-0.2, 0) is 24.8 Å². The minimum atomic E-state index is -4.14. The lowest BCUT2D eigenvalue weighted by Crippen LogP contribution is -2.37. The fourth-order valence-electron chi connectivity index (χ4n) is 4.50. The molecule has 0 fully saturated rings. The lowest BCUT2D eigenvalue weighted by Gasteiger charge is -2.24. The monoisotopic (exact) mass is 584 g/mol. The molecule has 0 saturated carbocycles. The Morgan fingerprint density at radius 2 is 1.45 bits per heavy atom. The number of phosphoric ester groups is 1. The molecular weight excluding hydrogens is 525 g/mol. The summed E-state index contributed by atoms with van der Waals surface area (Å²) in [5.41, 5.74) is 1.21. The van der Waals surface area contributed by atoms with Gasteiger partial charge in [-0.1, -0.05) is 83.8 Å². The molecule has 2 atom stereocenters. The molecule has 0 heterocycles. The van der Waals surface area contributed by atoms with Crippen molar-refractivity contribution in [1.29, 1.82) is 0 Å². The fourth-order valence-corrected chi connectivity index (χ4v) is 5.29. The number of likely N-dealkylation sites (N-methyl/N-ethyl adjacent to an activating group) is 1. The Hall–Kier alpha value is -1.24. The Kier molecular flexibility index (Phi) is 19.7. The largest absolute Gasteiger partial charge is 0.494 e. The number of nitrogens with zero attached hydrogens (tertiary/aromatic N) is 1. The van der Waals surface area contributed by atoms with E-state index >= 15 is 0 Å². The van der Waals surface area contributed by atoms with Crippen LogP contribution in [-0.4, -0.2) is 62.7 Å². The number of ether oxygens (including phenoxy) is 1. The molecule has 1 N–H and O–H groups in total. The van der Waals surface area contributed by atoms with E-state index in [1.165, 1.54) is 63.4 Å². The summed E-state index contributed by atoms with van der Waals surface area (Å²) >= 11 is 0. The van der Waals surface area contributed by atoms with Crippen LogP contribution in [0.15, 0.2) is 24.3 Å². The van der Waals surface area contributed by atoms with Gasteiger partial charge in [0.25, 0.3) is 0 Å². The lowest BCUT2D eigenvalue weighted by atomic mass is 9.95. The first-order valence-corrected chi connectivity index (χ1v) is 17.2. The van der Waals surface area contributed by atoms with E-state index in [0.29, 0.717) is 23.9 Å². The zero-order valence-electron chi connectivity index (χ0n) is 26.2. The number of unbranched alkanes of at least 4 members (excludes halogenated alkanes) is 9. The number of carbonyl (C=O) groups is 1. The van der Waals surface area contributed by atoms with Crippen molar-refractivity contribution in [2.45, 2.75) is 110 Å². The summed E-state index contributed by atoms with van der Waals surface area (Å²) in [4.78, 5) is 22.1. The molecule has 0 aromatic heterocycles. The summed E-state index contributed by atoms with van der Waals surface area (Å²) in [6.45, 7) is 5.62. The molecule has 232 valence electrons. The normalized spacial score (nSPS) is 14.2. The van der Waals surface area contributed by atoms with Gasteiger partial charge in [0.1, 0.15) is 24.7 Å². The second-order valence-electron chi connectivity index (χ2n) is 12.1. The van der Waals surface area contributed by atoms with Gasteiger partial charge in [0.2, 0.25) is 0 Å². The van der Waals surface area contributed by atoms with Crippen LogP contribution in [0.4, 0.5) is 0 Å². The van der Waals surface area contributed by atoms with Crippen LogP contribution in [0.2, 0.25) is 0 Å². The predicted octanol–water partition coefficient (Wildman–Crippen LogP) is 8.13. The Balaban J connectivity index is 2.30. The number of Topliss-reactive ketones (excluding diaryl/α,β-unsaturated/α-hetero) is 1. The zero-order chi connectivity index (χ0) is 29.7. The zero-order valence-corrected chi connectivity index (χ0v) is 27.1. The second-order valence-corrected chi connectivity index (χ2v) is 13.6. The Morgan fingerprint density at radius 3 is 2.02 bits per heavy atom. The maximum Gasteiger partial charge on any atom is 0.472 e. The molecule has 0 amide bonds. The highest BCUT2D eigenvalue weighted by Crippen LogP contribution is 2.44. The highest BCUT2D eigenvalue weighted by molar-refractivity contribution is 7.47. The van der Waals surface area contributed by atoms with Crippen LogP contribution in [0, 0.1) is 5.92 Å². The van der Waals surface area contributed by atoms with Gasteiger partial charge in [-0.15, -0.1) is 0 Å². The first-order valence-electron chi connectivity index (χ1n) is 15.7. The lowest BCUT2D eigenvalue weighted by molar-refractivity contribution is -0.870. The number of benzene rings is 1. The van der Waals surface area contributed by atoms with E-state index in [2.05, 4.69) is 19.1 Å². The highest BCUT2D eigenvalue weighted by atomic mass is 31.2. The van der Waals surface area contributed by atoms with Crippen molar-refractivity contribution in [2.24, 2.45) is 5.92 Å². The number of hydrogen-bond donors (Lipinski definition) is 1. The van der Waals surface area contributed by atoms with E-state index < -0.39 is 7.82 Å². The van der Waals surface area contributed by atoms with Crippen molar-refractivity contribution in [1.82, 2.24) is 0 Å². The number of rotatable bonds is 26. The number of quaternary nitrogens is 1. The van der Waals surface area contributed by atoms with Crippen molar-refractivity contribution in [2.75, 3.05) is 47.5 Å². The van der Waals surface area contributed by atoms with Crippen LogP contribution < -0.4 is 4.74 Å². The number of ketones is 1. The SMILES string of the molecule is CCCCCCCCCCCCOc1ccc(CCCC(COP(=O)(O)OCC[N+](C)(C)C)CC(=O)CC)cc1. The molecule has 0 saturated heterocycles. The van der Waals surface area contributed by atoms with Gasteiger partial charge in [0.15, 0.2) is 0 Å². The van der Waals surface area contributed by atoms with Crippen LogP contribution in [0.1, 0.15) is 109 Å². The second kappa shape index (κ2) is 21.5. The Bertz CT molecular complexity index is 824. The molecule has 0 spiro atoms. The summed E-state index contributed by atoms with van der Waals surface area (Å²) < 4.78 is 29.2. The highest BCUT2D eigenvalue weighted by Gasteiger charge is 2.25. The summed E-state index contributed by atoms with van der Waals surface area (Å²) in [6, 6.07) is 8.26. The van der Waals surface area contributed by atoms with Crippen LogP contribution >= 0.6 is 7.82 Å². The van der Waals surface area contributed by atoms with Gasteiger partial charge >= 0.3 is 7.82 Å². The van der Waals surface area contributed by atoms with Gasteiger partial charge < -0.3 is 14.1 Å². The van der Waals surface area contributed by atoms with Crippen molar-refractivity contribution in [3.8, 4) is 5.75 Å². The van der Waals surface area contributed by atoms with Crippen LogP contribution in [0.3, 0.4) is 0 Å². The summed E-state index contributed by atoms with van der Waals surface area (Å²) in [6.07, 6.45) is 16.4. The number of aryl methyl sites for hydroxylation is 1. The van der Waals surface area contributed by atoms with Gasteiger partial charge in [-0.2, -0.15) is 0 Å². The maximum atomic E-state index is 12.3. The molecule has 0 aliphatic carbocycles. The molecule has 2 unspecified atom stereocenters. The average Bonchev–Trinajstić information content (AvgIpc) is 2.90. The van der Waals surface area contributed by atoms with Crippen molar-refractivity contribution in [3.05, 3.63) is 29.8 Å². The third-order valence-electron chi connectivity index (χ3n) is 7.17. The molecule has 7 nitrogen and oxygen atoms in total. The first-order chi connectivity index (χ1) is 19.0. The van der Waals surface area contributed by atoms with E-state index in [1.807, 2.05) is 40.2 Å². The summed E-state index contributed by atoms with van der Waals surface area (Å²) in [5.74, 6) is 0.929. The molecule has 1 rings (SSSR count). The molecular formula is C32H59NO6P+. The topological polar surface area (TPSA) is 82.1 Å². The van der Waals surface area contributed by atoms with Crippen LogP contribution in [0.25, 0.3) is 0 Å². The van der Waals surface area contributed by atoms with Gasteiger partial charge in [-0.05, 0) is 49.3 Å². The summed E-state index contributed by atoms with van der Waals surface area (Å²) in [7, 11) is 1.82. The minimum Gasteiger partial charge on any atom is -0.494 e. The Morgan fingerprint density at radius 1 is 0.850 bits per heavy atom. The number of hydrogen-bond acceptors (Lipinski definition) is 5. The van der Waals surface area contributed by atoms with Crippen LogP contribution in [0.5, 0.6) is 5.75 Å². The quantitative estimate of drug-likeness (QED) is 0.0672. The number of phosphoric acid groups is 1.